The Morgan fingerprint density at radius 2 is 1.81 bits per heavy atom. The van der Waals surface area contributed by atoms with Gasteiger partial charge in [0.05, 0.1) is 0 Å². The number of hydrogen-bond donors (Lipinski definition) is 2. The molecule has 2 aromatic rings. The van der Waals surface area contributed by atoms with Gasteiger partial charge in [0.2, 0.25) is 0 Å². The Morgan fingerprint density at radius 1 is 1.10 bits per heavy atom. The van der Waals surface area contributed by atoms with Crippen molar-refractivity contribution in [1.82, 2.24) is 5.32 Å². The van der Waals surface area contributed by atoms with Gasteiger partial charge < -0.3 is 15.2 Å². The fourth-order valence-corrected chi connectivity index (χ4v) is 1.60. The van der Waals surface area contributed by atoms with Crippen LogP contribution >= 0.6 is 0 Å². The number of ether oxygens (including phenoxy) is 1. The normalized spacial score (nSPS) is 9.95. The summed E-state index contributed by atoms with van der Waals surface area (Å²) in [4.78, 5) is 22.1. The second-order valence-corrected chi connectivity index (χ2v) is 4.16. The standard InChI is InChI=1S/C15H12FNO4/c16-11-4-6-12(7-5-11)21-13-3-1-2-10(8-13)15(20)17-9-14(18)19/h1-8H,9H2,(H,17,20)(H,18,19). The molecule has 0 aliphatic rings. The van der Waals surface area contributed by atoms with E-state index in [1.165, 1.54) is 36.4 Å². The van der Waals surface area contributed by atoms with Crippen LogP contribution in [-0.2, 0) is 4.79 Å². The molecule has 2 aromatic carbocycles. The topological polar surface area (TPSA) is 75.6 Å². The zero-order valence-corrected chi connectivity index (χ0v) is 10.9. The lowest BCUT2D eigenvalue weighted by Gasteiger charge is -2.07. The van der Waals surface area contributed by atoms with E-state index in [1.807, 2.05) is 0 Å². The van der Waals surface area contributed by atoms with Gasteiger partial charge in [0.1, 0.15) is 23.9 Å². The summed E-state index contributed by atoms with van der Waals surface area (Å²) in [6, 6.07) is 11.7. The van der Waals surface area contributed by atoms with Gasteiger partial charge in [-0.3, -0.25) is 9.59 Å². The number of rotatable bonds is 5. The van der Waals surface area contributed by atoms with Gasteiger partial charge in [0, 0.05) is 5.56 Å². The highest BCUT2D eigenvalue weighted by atomic mass is 19.1. The van der Waals surface area contributed by atoms with Crippen LogP contribution in [0.4, 0.5) is 4.39 Å². The molecule has 0 aromatic heterocycles. The first-order chi connectivity index (χ1) is 10.0. The summed E-state index contributed by atoms with van der Waals surface area (Å²) < 4.78 is 18.3. The Bertz CT molecular complexity index is 655. The number of carboxylic acids is 1. The van der Waals surface area contributed by atoms with Crippen LogP contribution in [0.25, 0.3) is 0 Å². The fraction of sp³-hybridized carbons (Fsp3) is 0.0667. The second kappa shape index (κ2) is 6.51. The molecule has 0 saturated heterocycles. The number of nitrogens with one attached hydrogen (secondary N) is 1. The number of carbonyl (C=O) groups is 2. The Morgan fingerprint density at radius 3 is 2.48 bits per heavy atom. The van der Waals surface area contributed by atoms with Crippen molar-refractivity contribution >= 4 is 11.9 Å². The summed E-state index contributed by atoms with van der Waals surface area (Å²) in [6.07, 6.45) is 0. The first kappa shape index (κ1) is 14.5. The first-order valence-electron chi connectivity index (χ1n) is 6.08. The number of amides is 1. The lowest BCUT2D eigenvalue weighted by Crippen LogP contribution is -2.29. The first-order valence-corrected chi connectivity index (χ1v) is 6.08. The van der Waals surface area contributed by atoms with Gasteiger partial charge in [-0.05, 0) is 42.5 Å². The van der Waals surface area contributed by atoms with Crippen LogP contribution in [0.5, 0.6) is 11.5 Å². The van der Waals surface area contributed by atoms with Crippen LogP contribution in [-0.4, -0.2) is 23.5 Å². The molecule has 0 aliphatic carbocycles. The van der Waals surface area contributed by atoms with E-state index < -0.39 is 18.4 Å². The molecule has 6 heteroatoms. The van der Waals surface area contributed by atoms with Crippen molar-refractivity contribution in [3.05, 3.63) is 59.9 Å². The Balaban J connectivity index is 2.08. The molecule has 0 atom stereocenters. The average molecular weight is 289 g/mol. The summed E-state index contributed by atoms with van der Waals surface area (Å²) in [5.41, 5.74) is 0.274. The summed E-state index contributed by atoms with van der Waals surface area (Å²) >= 11 is 0. The molecule has 0 fully saturated rings. The molecule has 108 valence electrons. The van der Waals surface area contributed by atoms with E-state index in [0.29, 0.717) is 11.5 Å². The lowest BCUT2D eigenvalue weighted by molar-refractivity contribution is -0.135. The highest BCUT2D eigenvalue weighted by molar-refractivity contribution is 5.96. The SMILES string of the molecule is O=C(O)CNC(=O)c1cccc(Oc2ccc(F)cc2)c1. The van der Waals surface area contributed by atoms with Crippen molar-refractivity contribution in [2.75, 3.05) is 6.54 Å². The van der Waals surface area contributed by atoms with Crippen molar-refractivity contribution in [3.63, 3.8) is 0 Å². The van der Waals surface area contributed by atoms with E-state index in [2.05, 4.69) is 5.32 Å². The predicted octanol–water partition coefficient (Wildman–Crippen LogP) is 2.43. The average Bonchev–Trinajstić information content (AvgIpc) is 2.47. The smallest absolute Gasteiger partial charge is 0.322 e. The molecule has 0 spiro atoms. The van der Waals surface area contributed by atoms with Crippen molar-refractivity contribution in [1.29, 1.82) is 0 Å². The molecule has 0 aliphatic heterocycles. The maximum atomic E-state index is 12.8. The molecule has 1 amide bonds. The zero-order valence-electron chi connectivity index (χ0n) is 10.9. The monoisotopic (exact) mass is 289 g/mol. The quantitative estimate of drug-likeness (QED) is 0.886. The summed E-state index contributed by atoms with van der Waals surface area (Å²) in [5.74, 6) is -1.18. The van der Waals surface area contributed by atoms with E-state index in [1.54, 1.807) is 12.1 Å². The van der Waals surface area contributed by atoms with Crippen LogP contribution in [0.1, 0.15) is 10.4 Å². The summed E-state index contributed by atoms with van der Waals surface area (Å²) in [7, 11) is 0. The highest BCUT2D eigenvalue weighted by Crippen LogP contribution is 2.22. The van der Waals surface area contributed by atoms with Gasteiger partial charge in [-0.2, -0.15) is 0 Å². The van der Waals surface area contributed by atoms with Gasteiger partial charge >= 0.3 is 5.97 Å². The molecule has 2 rings (SSSR count). The number of carbonyl (C=O) groups excluding carboxylic acids is 1. The molecule has 0 bridgehead atoms. The lowest BCUT2D eigenvalue weighted by atomic mass is 10.2. The molecule has 0 unspecified atom stereocenters. The highest BCUT2D eigenvalue weighted by Gasteiger charge is 2.08. The number of carboxylic acid groups (broad SMARTS) is 1. The van der Waals surface area contributed by atoms with E-state index in [-0.39, 0.29) is 11.4 Å². The third-order valence-corrected chi connectivity index (χ3v) is 2.55. The van der Waals surface area contributed by atoms with Gasteiger partial charge in [-0.25, -0.2) is 4.39 Å². The van der Waals surface area contributed by atoms with Crippen LogP contribution in [0.2, 0.25) is 0 Å². The van der Waals surface area contributed by atoms with E-state index in [9.17, 15) is 14.0 Å². The fourth-order valence-electron chi connectivity index (χ4n) is 1.60. The van der Waals surface area contributed by atoms with Gasteiger partial charge in [0.15, 0.2) is 0 Å². The van der Waals surface area contributed by atoms with E-state index in [4.69, 9.17) is 9.84 Å². The molecular formula is C15H12FNO4. The van der Waals surface area contributed by atoms with Crippen molar-refractivity contribution in [2.24, 2.45) is 0 Å². The Kier molecular flexibility index (Phi) is 4.50. The maximum absolute atomic E-state index is 12.8. The molecule has 21 heavy (non-hydrogen) atoms. The van der Waals surface area contributed by atoms with Gasteiger partial charge in [-0.15, -0.1) is 0 Å². The number of halogens is 1. The van der Waals surface area contributed by atoms with Gasteiger partial charge in [-0.1, -0.05) is 6.07 Å². The largest absolute Gasteiger partial charge is 0.480 e. The number of benzene rings is 2. The van der Waals surface area contributed by atoms with Crippen molar-refractivity contribution < 1.29 is 23.8 Å². The third-order valence-electron chi connectivity index (χ3n) is 2.55. The molecule has 5 nitrogen and oxygen atoms in total. The third kappa shape index (κ3) is 4.31. The minimum Gasteiger partial charge on any atom is -0.480 e. The molecule has 2 N–H and O–H groups in total. The zero-order chi connectivity index (χ0) is 15.2. The predicted molar refractivity (Wildman–Crippen MR) is 72.9 cm³/mol. The second-order valence-electron chi connectivity index (χ2n) is 4.16. The van der Waals surface area contributed by atoms with Gasteiger partial charge in [0.25, 0.3) is 5.91 Å². The Hall–Kier alpha value is -2.89. The molecule has 0 heterocycles. The van der Waals surface area contributed by atoms with E-state index in [0.717, 1.165) is 0 Å². The van der Waals surface area contributed by atoms with Crippen LogP contribution in [0.15, 0.2) is 48.5 Å². The minimum absolute atomic E-state index is 0.274. The number of hydrogen-bond acceptors (Lipinski definition) is 3. The molecule has 0 radical (unpaired) electrons. The summed E-state index contributed by atoms with van der Waals surface area (Å²) in [5, 5.41) is 10.8. The van der Waals surface area contributed by atoms with Crippen molar-refractivity contribution in [2.45, 2.75) is 0 Å². The molecule has 0 saturated carbocycles. The number of aliphatic carboxylic acids is 1. The van der Waals surface area contributed by atoms with E-state index >= 15 is 0 Å². The minimum atomic E-state index is -1.12. The van der Waals surface area contributed by atoms with Crippen LogP contribution in [0.3, 0.4) is 0 Å². The van der Waals surface area contributed by atoms with Crippen LogP contribution in [0, 0.1) is 5.82 Å². The van der Waals surface area contributed by atoms with Crippen LogP contribution < -0.4 is 10.1 Å². The molecular weight excluding hydrogens is 277 g/mol. The van der Waals surface area contributed by atoms with Crippen molar-refractivity contribution in [3.8, 4) is 11.5 Å². The summed E-state index contributed by atoms with van der Waals surface area (Å²) in [6.45, 7) is -0.456. The Labute approximate surface area is 120 Å². The maximum Gasteiger partial charge on any atom is 0.322 e.